The van der Waals surface area contributed by atoms with Gasteiger partial charge in [-0.25, -0.2) is 0 Å². The maximum atomic E-state index is 8.99. The summed E-state index contributed by atoms with van der Waals surface area (Å²) in [6.07, 6.45) is 1.08. The van der Waals surface area contributed by atoms with E-state index in [-0.39, 0.29) is 18.6 Å². The van der Waals surface area contributed by atoms with Crippen LogP contribution in [0.4, 0.5) is 0 Å². The Hall–Kier alpha value is -0.396. The topological polar surface area (TPSA) is 20.2 Å². The van der Waals surface area contributed by atoms with E-state index in [2.05, 4.69) is 13.8 Å². The number of hydrogen-bond donors (Lipinski definition) is 1. The van der Waals surface area contributed by atoms with Crippen molar-refractivity contribution in [2.45, 2.75) is 20.3 Å². The summed E-state index contributed by atoms with van der Waals surface area (Å²) in [6, 6.07) is 7.40. The Kier molecular flexibility index (Phi) is 5.11. The zero-order valence-corrected chi connectivity index (χ0v) is 8.88. The average molecular weight is 201 g/mol. The van der Waals surface area contributed by atoms with Crippen LogP contribution in [0.2, 0.25) is 0 Å². The molecule has 1 rings (SSSR count). The molecule has 0 amide bonds. The van der Waals surface area contributed by atoms with E-state index < -0.39 is 0 Å². The van der Waals surface area contributed by atoms with Gasteiger partial charge >= 0.3 is 0 Å². The van der Waals surface area contributed by atoms with E-state index in [0.29, 0.717) is 11.7 Å². The van der Waals surface area contributed by atoms with E-state index in [4.69, 9.17) is 5.11 Å². The van der Waals surface area contributed by atoms with Crippen LogP contribution < -0.4 is 0 Å². The van der Waals surface area contributed by atoms with Crippen molar-refractivity contribution in [2.75, 3.05) is 0 Å². The minimum Gasteiger partial charge on any atom is -0.508 e. The second kappa shape index (κ2) is 5.29. The zero-order valence-electron chi connectivity index (χ0n) is 7.49. The molecule has 0 spiro atoms. The van der Waals surface area contributed by atoms with Gasteiger partial charge in [0.2, 0.25) is 0 Å². The van der Waals surface area contributed by atoms with Gasteiger partial charge < -0.3 is 5.11 Å². The molecular formula is C10H14OV. The molecule has 12 heavy (non-hydrogen) atoms. The minimum absolute atomic E-state index is 0. The fourth-order valence-corrected chi connectivity index (χ4v) is 1.10. The van der Waals surface area contributed by atoms with Gasteiger partial charge in [-0.1, -0.05) is 26.0 Å². The molecule has 0 saturated carbocycles. The number of aromatic hydroxyl groups is 1. The Morgan fingerprint density at radius 3 is 2.08 bits per heavy atom. The van der Waals surface area contributed by atoms with Crippen LogP contribution in [0.15, 0.2) is 24.3 Å². The smallest absolute Gasteiger partial charge is 0.115 e. The fourth-order valence-electron chi connectivity index (χ4n) is 1.10. The largest absolute Gasteiger partial charge is 0.508 e. The maximum Gasteiger partial charge on any atom is 0.115 e. The van der Waals surface area contributed by atoms with Crippen LogP contribution in [0.25, 0.3) is 0 Å². The van der Waals surface area contributed by atoms with Crippen molar-refractivity contribution in [1.82, 2.24) is 0 Å². The molecule has 65 valence electrons. The summed E-state index contributed by atoms with van der Waals surface area (Å²) in [5.74, 6) is 1.03. The molecule has 1 N–H and O–H groups in total. The Morgan fingerprint density at radius 1 is 1.17 bits per heavy atom. The fraction of sp³-hybridized carbons (Fsp3) is 0.400. The van der Waals surface area contributed by atoms with E-state index >= 15 is 0 Å². The number of phenolic OH excluding ortho intramolecular Hbond substituents is 1. The van der Waals surface area contributed by atoms with Gasteiger partial charge in [-0.3, -0.25) is 0 Å². The predicted octanol–water partition coefficient (Wildman–Crippen LogP) is 2.59. The summed E-state index contributed by atoms with van der Waals surface area (Å²) >= 11 is 0. The summed E-state index contributed by atoms with van der Waals surface area (Å²) < 4.78 is 0. The van der Waals surface area contributed by atoms with Crippen molar-refractivity contribution in [3.63, 3.8) is 0 Å². The monoisotopic (exact) mass is 201 g/mol. The Balaban J connectivity index is 0.00000121. The molecule has 0 fully saturated rings. The molecule has 1 radical (unpaired) electrons. The first-order valence-corrected chi connectivity index (χ1v) is 3.96. The normalized spacial score (nSPS) is 9.58. The number of rotatable bonds is 2. The third-order valence-corrected chi connectivity index (χ3v) is 1.58. The predicted molar refractivity (Wildman–Crippen MR) is 46.6 cm³/mol. The molecule has 0 aliphatic rings. The SMILES string of the molecule is CC(C)Cc1ccc(O)cc1.[V]. The van der Waals surface area contributed by atoms with E-state index in [9.17, 15) is 0 Å². The van der Waals surface area contributed by atoms with Gasteiger partial charge in [0.05, 0.1) is 0 Å². The Bertz CT molecular complexity index is 216. The van der Waals surface area contributed by atoms with Crippen molar-refractivity contribution >= 4 is 0 Å². The number of hydrogen-bond acceptors (Lipinski definition) is 1. The molecule has 0 aliphatic carbocycles. The summed E-state index contributed by atoms with van der Waals surface area (Å²) in [4.78, 5) is 0. The van der Waals surface area contributed by atoms with Gasteiger partial charge in [0.1, 0.15) is 5.75 Å². The number of benzene rings is 1. The minimum atomic E-state index is 0. The molecular weight excluding hydrogens is 187 g/mol. The molecule has 1 nitrogen and oxygen atoms in total. The maximum absolute atomic E-state index is 8.99. The van der Waals surface area contributed by atoms with Gasteiger partial charge in [0.15, 0.2) is 0 Å². The van der Waals surface area contributed by atoms with Gasteiger partial charge in [-0.15, -0.1) is 0 Å². The van der Waals surface area contributed by atoms with E-state index in [1.807, 2.05) is 12.1 Å². The van der Waals surface area contributed by atoms with Gasteiger partial charge in [-0.05, 0) is 30.0 Å². The van der Waals surface area contributed by atoms with E-state index in [1.165, 1.54) is 5.56 Å². The Labute approximate surface area is 85.7 Å². The van der Waals surface area contributed by atoms with Gasteiger partial charge in [-0.2, -0.15) is 0 Å². The molecule has 0 aliphatic heterocycles. The van der Waals surface area contributed by atoms with E-state index in [0.717, 1.165) is 6.42 Å². The van der Waals surface area contributed by atoms with E-state index in [1.54, 1.807) is 12.1 Å². The first kappa shape index (κ1) is 11.6. The number of phenols is 1. The van der Waals surface area contributed by atoms with Crippen LogP contribution in [0.5, 0.6) is 5.75 Å². The first-order chi connectivity index (χ1) is 5.18. The quantitative estimate of drug-likeness (QED) is 0.779. The molecule has 1 aromatic carbocycles. The van der Waals surface area contributed by atoms with Crippen LogP contribution in [0, 0.1) is 5.92 Å². The van der Waals surface area contributed by atoms with Gasteiger partial charge in [0.25, 0.3) is 0 Å². The third kappa shape index (κ3) is 3.84. The molecule has 0 bridgehead atoms. The standard InChI is InChI=1S/C10H14O.V/c1-8(2)7-9-3-5-10(11)6-4-9;/h3-6,8,11H,7H2,1-2H3;. The van der Waals surface area contributed by atoms with Crippen molar-refractivity contribution in [2.24, 2.45) is 5.92 Å². The molecule has 0 unspecified atom stereocenters. The first-order valence-electron chi connectivity index (χ1n) is 3.96. The molecule has 0 saturated heterocycles. The van der Waals surface area contributed by atoms with Crippen LogP contribution in [0.3, 0.4) is 0 Å². The van der Waals surface area contributed by atoms with Crippen LogP contribution in [-0.2, 0) is 25.0 Å². The van der Waals surface area contributed by atoms with Gasteiger partial charge in [0, 0.05) is 18.6 Å². The van der Waals surface area contributed by atoms with Crippen molar-refractivity contribution in [1.29, 1.82) is 0 Å². The summed E-state index contributed by atoms with van der Waals surface area (Å²) in [7, 11) is 0. The molecule has 1 aromatic rings. The summed E-state index contributed by atoms with van der Waals surface area (Å²) in [5.41, 5.74) is 1.29. The molecule has 0 heterocycles. The molecule has 2 heteroatoms. The Morgan fingerprint density at radius 2 is 1.67 bits per heavy atom. The third-order valence-electron chi connectivity index (χ3n) is 1.58. The van der Waals surface area contributed by atoms with Crippen molar-refractivity contribution in [3.8, 4) is 5.75 Å². The molecule has 0 atom stereocenters. The van der Waals surface area contributed by atoms with Crippen molar-refractivity contribution < 1.29 is 23.7 Å². The molecule has 0 aromatic heterocycles. The van der Waals surface area contributed by atoms with Crippen molar-refractivity contribution in [3.05, 3.63) is 29.8 Å². The summed E-state index contributed by atoms with van der Waals surface area (Å²) in [5, 5.41) is 8.99. The second-order valence-corrected chi connectivity index (χ2v) is 3.26. The van der Waals surface area contributed by atoms with Crippen LogP contribution in [0.1, 0.15) is 19.4 Å². The average Bonchev–Trinajstić information content (AvgIpc) is 1.93. The summed E-state index contributed by atoms with van der Waals surface area (Å²) in [6.45, 7) is 4.37. The zero-order chi connectivity index (χ0) is 8.27. The second-order valence-electron chi connectivity index (χ2n) is 3.26. The van der Waals surface area contributed by atoms with Crippen LogP contribution in [-0.4, -0.2) is 5.11 Å². The van der Waals surface area contributed by atoms with Crippen LogP contribution >= 0.6 is 0 Å².